The fourth-order valence-electron chi connectivity index (χ4n) is 2.34. The molecular formula is C14H20FNO2. The summed E-state index contributed by atoms with van der Waals surface area (Å²) in [5.41, 5.74) is 1.02. The number of methoxy groups -OCH3 is 1. The van der Waals surface area contributed by atoms with Crippen molar-refractivity contribution < 1.29 is 13.9 Å². The van der Waals surface area contributed by atoms with Crippen LogP contribution >= 0.6 is 0 Å². The van der Waals surface area contributed by atoms with Crippen molar-refractivity contribution in [2.75, 3.05) is 33.9 Å². The Morgan fingerprint density at radius 3 is 2.78 bits per heavy atom. The maximum absolute atomic E-state index is 13.7. The molecule has 0 bridgehead atoms. The average molecular weight is 253 g/mol. The lowest BCUT2D eigenvalue weighted by molar-refractivity contribution is -0.0384. The van der Waals surface area contributed by atoms with Gasteiger partial charge in [-0.15, -0.1) is 0 Å². The smallest absolute Gasteiger partial charge is 0.165 e. The first-order valence-electron chi connectivity index (χ1n) is 6.30. The number of rotatable bonds is 6. The number of halogens is 1. The van der Waals surface area contributed by atoms with E-state index < -0.39 is 0 Å². The highest BCUT2D eigenvalue weighted by Crippen LogP contribution is 2.29. The fraction of sp³-hybridized carbons (Fsp3) is 0.571. The van der Waals surface area contributed by atoms with Crippen molar-refractivity contribution in [3.63, 3.8) is 0 Å². The minimum absolute atomic E-state index is 0.291. The third-order valence-electron chi connectivity index (χ3n) is 3.42. The molecule has 1 atom stereocenters. The molecule has 1 aromatic rings. The Labute approximate surface area is 107 Å². The van der Waals surface area contributed by atoms with E-state index in [4.69, 9.17) is 9.47 Å². The summed E-state index contributed by atoms with van der Waals surface area (Å²) in [5, 5.41) is 3.17. The molecule has 0 aliphatic carbocycles. The second kappa shape index (κ2) is 6.16. The van der Waals surface area contributed by atoms with E-state index in [1.54, 1.807) is 12.1 Å². The molecule has 0 amide bonds. The molecule has 1 fully saturated rings. The van der Waals surface area contributed by atoms with Crippen LogP contribution in [-0.2, 0) is 4.74 Å². The minimum atomic E-state index is -0.291. The fourth-order valence-corrected chi connectivity index (χ4v) is 2.34. The maximum Gasteiger partial charge on any atom is 0.165 e. The van der Waals surface area contributed by atoms with Gasteiger partial charge < -0.3 is 14.8 Å². The second-order valence-corrected chi connectivity index (χ2v) is 4.79. The first-order valence-corrected chi connectivity index (χ1v) is 6.30. The van der Waals surface area contributed by atoms with Crippen LogP contribution < -0.4 is 10.1 Å². The Kier molecular flexibility index (Phi) is 4.55. The van der Waals surface area contributed by atoms with Gasteiger partial charge in [-0.2, -0.15) is 0 Å². The van der Waals surface area contributed by atoms with Gasteiger partial charge in [0.15, 0.2) is 11.6 Å². The Morgan fingerprint density at radius 2 is 2.28 bits per heavy atom. The van der Waals surface area contributed by atoms with Crippen LogP contribution in [0, 0.1) is 11.7 Å². The van der Waals surface area contributed by atoms with Gasteiger partial charge in [0.2, 0.25) is 0 Å². The van der Waals surface area contributed by atoms with Crippen LogP contribution in [0.25, 0.3) is 0 Å². The summed E-state index contributed by atoms with van der Waals surface area (Å²) >= 11 is 0. The van der Waals surface area contributed by atoms with Gasteiger partial charge in [-0.3, -0.25) is 0 Å². The van der Waals surface area contributed by atoms with E-state index in [9.17, 15) is 4.39 Å². The Morgan fingerprint density at radius 1 is 1.50 bits per heavy atom. The van der Waals surface area contributed by atoms with Gasteiger partial charge in [-0.1, -0.05) is 6.07 Å². The standard InChI is InChI=1S/C14H20FNO2/c1-16-7-12(5-10-8-18-9-10)11-3-4-14(17-2)13(15)6-11/h3-4,6,10,12,16H,5,7-9H2,1-2H3. The van der Waals surface area contributed by atoms with Gasteiger partial charge in [-0.05, 0) is 37.1 Å². The predicted molar refractivity (Wildman–Crippen MR) is 68.5 cm³/mol. The molecule has 1 aromatic carbocycles. The lowest BCUT2D eigenvalue weighted by atomic mass is 9.87. The Balaban J connectivity index is 2.10. The molecule has 1 saturated heterocycles. The van der Waals surface area contributed by atoms with Crippen LogP contribution in [0.5, 0.6) is 5.75 Å². The molecule has 1 aliphatic rings. The summed E-state index contributed by atoms with van der Waals surface area (Å²) < 4.78 is 23.9. The van der Waals surface area contributed by atoms with Crippen LogP contribution in [0.15, 0.2) is 18.2 Å². The van der Waals surface area contributed by atoms with Crippen molar-refractivity contribution in [3.05, 3.63) is 29.6 Å². The van der Waals surface area contributed by atoms with Gasteiger partial charge in [-0.25, -0.2) is 4.39 Å². The molecule has 4 heteroatoms. The monoisotopic (exact) mass is 253 g/mol. The van der Waals surface area contributed by atoms with E-state index >= 15 is 0 Å². The summed E-state index contributed by atoms with van der Waals surface area (Å²) in [5.74, 6) is 0.938. The molecular weight excluding hydrogens is 233 g/mol. The molecule has 1 unspecified atom stereocenters. The predicted octanol–water partition coefficient (Wildman–Crippen LogP) is 2.17. The van der Waals surface area contributed by atoms with Crippen molar-refractivity contribution in [2.45, 2.75) is 12.3 Å². The lowest BCUT2D eigenvalue weighted by Gasteiger charge is -2.30. The maximum atomic E-state index is 13.7. The average Bonchev–Trinajstić information content (AvgIpc) is 2.32. The molecule has 0 radical (unpaired) electrons. The number of likely N-dealkylation sites (N-methyl/N-ethyl adjacent to an activating group) is 1. The molecule has 3 nitrogen and oxygen atoms in total. The normalized spacial score (nSPS) is 17.3. The van der Waals surface area contributed by atoms with Crippen LogP contribution in [-0.4, -0.2) is 33.9 Å². The van der Waals surface area contributed by atoms with E-state index in [1.165, 1.54) is 7.11 Å². The largest absolute Gasteiger partial charge is 0.494 e. The van der Waals surface area contributed by atoms with E-state index in [2.05, 4.69) is 5.32 Å². The quantitative estimate of drug-likeness (QED) is 0.843. The summed E-state index contributed by atoms with van der Waals surface area (Å²) in [6, 6.07) is 5.23. The molecule has 0 spiro atoms. The Hall–Kier alpha value is -1.13. The van der Waals surface area contributed by atoms with Crippen molar-refractivity contribution in [3.8, 4) is 5.75 Å². The zero-order valence-electron chi connectivity index (χ0n) is 10.9. The topological polar surface area (TPSA) is 30.5 Å². The molecule has 0 saturated carbocycles. The summed E-state index contributed by atoms with van der Waals surface area (Å²) in [7, 11) is 3.40. The molecule has 0 aromatic heterocycles. The highest BCUT2D eigenvalue weighted by molar-refractivity contribution is 5.31. The van der Waals surface area contributed by atoms with Crippen molar-refractivity contribution >= 4 is 0 Å². The number of hydrogen-bond acceptors (Lipinski definition) is 3. The number of benzene rings is 1. The molecule has 1 heterocycles. The van der Waals surface area contributed by atoms with E-state index in [-0.39, 0.29) is 5.82 Å². The Bertz CT molecular complexity index is 393. The third kappa shape index (κ3) is 3.00. The lowest BCUT2D eigenvalue weighted by Crippen LogP contribution is -2.31. The third-order valence-corrected chi connectivity index (χ3v) is 3.42. The highest BCUT2D eigenvalue weighted by atomic mass is 19.1. The van der Waals surface area contributed by atoms with Gasteiger partial charge in [0.25, 0.3) is 0 Å². The summed E-state index contributed by atoms with van der Waals surface area (Å²) in [6.45, 7) is 2.51. The van der Waals surface area contributed by atoms with Crippen molar-refractivity contribution in [1.29, 1.82) is 0 Å². The van der Waals surface area contributed by atoms with Gasteiger partial charge in [0.1, 0.15) is 0 Å². The second-order valence-electron chi connectivity index (χ2n) is 4.79. The minimum Gasteiger partial charge on any atom is -0.494 e. The van der Waals surface area contributed by atoms with Gasteiger partial charge in [0.05, 0.1) is 20.3 Å². The zero-order valence-corrected chi connectivity index (χ0v) is 10.9. The van der Waals surface area contributed by atoms with Crippen LogP contribution in [0.3, 0.4) is 0 Å². The van der Waals surface area contributed by atoms with Crippen LogP contribution in [0.4, 0.5) is 4.39 Å². The molecule has 18 heavy (non-hydrogen) atoms. The number of ether oxygens (including phenoxy) is 2. The van der Waals surface area contributed by atoms with E-state index in [0.717, 1.165) is 31.7 Å². The van der Waals surface area contributed by atoms with Crippen LogP contribution in [0.1, 0.15) is 17.9 Å². The summed E-state index contributed by atoms with van der Waals surface area (Å²) in [6.07, 6.45) is 1.03. The molecule has 1 aliphatic heterocycles. The molecule has 100 valence electrons. The zero-order chi connectivity index (χ0) is 13.0. The molecule has 1 N–H and O–H groups in total. The van der Waals surface area contributed by atoms with Gasteiger partial charge in [0, 0.05) is 12.5 Å². The van der Waals surface area contributed by atoms with E-state index in [1.807, 2.05) is 13.1 Å². The van der Waals surface area contributed by atoms with E-state index in [0.29, 0.717) is 17.6 Å². The number of hydrogen-bond donors (Lipinski definition) is 1. The van der Waals surface area contributed by atoms with Crippen molar-refractivity contribution in [1.82, 2.24) is 5.32 Å². The van der Waals surface area contributed by atoms with Gasteiger partial charge >= 0.3 is 0 Å². The summed E-state index contributed by atoms with van der Waals surface area (Å²) in [4.78, 5) is 0. The SMILES string of the molecule is CNCC(CC1COC1)c1ccc(OC)c(F)c1. The first kappa shape index (κ1) is 13.3. The van der Waals surface area contributed by atoms with Crippen LogP contribution in [0.2, 0.25) is 0 Å². The number of nitrogens with one attached hydrogen (secondary N) is 1. The van der Waals surface area contributed by atoms with Crippen molar-refractivity contribution in [2.24, 2.45) is 5.92 Å². The highest BCUT2D eigenvalue weighted by Gasteiger charge is 2.24. The first-order chi connectivity index (χ1) is 8.74. The molecule has 2 rings (SSSR count).